The summed E-state index contributed by atoms with van der Waals surface area (Å²) in [5.41, 5.74) is -0.232. The number of carbonyl (C=O) groups is 1. The lowest BCUT2D eigenvalue weighted by Crippen LogP contribution is -2.48. The van der Waals surface area contributed by atoms with Gasteiger partial charge >= 0.3 is 0 Å². The summed E-state index contributed by atoms with van der Waals surface area (Å²) in [6, 6.07) is 5.27. The second-order valence-electron chi connectivity index (χ2n) is 7.55. The summed E-state index contributed by atoms with van der Waals surface area (Å²) >= 11 is 6.42. The molecule has 4 rings (SSSR count). The summed E-state index contributed by atoms with van der Waals surface area (Å²) in [4.78, 5) is 26.2. The maximum Gasteiger partial charge on any atom is 0.250 e. The first kappa shape index (κ1) is 21.8. The van der Waals surface area contributed by atoms with Gasteiger partial charge in [0.15, 0.2) is 23.3 Å². The standard InChI is InChI=1S/C20H17F4N3O2S2/c21-12-5-13(22)18(24)19(17(12)23)25-15(28)9-31-20(30)26-6-10-4-11(8-26)14-2-1-3-16(29)27(14)7-10/h1-3,5,10-11H,4,6-9H2,(H,25,28)/t10-,11-/m1/s1. The van der Waals surface area contributed by atoms with Crippen molar-refractivity contribution < 1.29 is 22.4 Å². The Morgan fingerprint density at radius 3 is 2.55 bits per heavy atom. The molecule has 0 radical (unpaired) electrons. The van der Waals surface area contributed by atoms with Crippen molar-refractivity contribution >= 4 is 39.9 Å². The first-order valence-corrected chi connectivity index (χ1v) is 10.9. The minimum absolute atomic E-state index is 0.0254. The van der Waals surface area contributed by atoms with Gasteiger partial charge in [0.1, 0.15) is 10.0 Å². The fourth-order valence-electron chi connectivity index (χ4n) is 4.12. The van der Waals surface area contributed by atoms with Gasteiger partial charge in [-0.1, -0.05) is 30.0 Å². The molecule has 2 bridgehead atoms. The summed E-state index contributed by atoms with van der Waals surface area (Å²) in [7, 11) is 0. The molecule has 11 heteroatoms. The fourth-order valence-corrected chi connectivity index (χ4v) is 5.11. The van der Waals surface area contributed by atoms with E-state index in [1.54, 1.807) is 10.6 Å². The van der Waals surface area contributed by atoms with E-state index >= 15 is 0 Å². The van der Waals surface area contributed by atoms with Crippen molar-refractivity contribution in [2.24, 2.45) is 5.92 Å². The average molecular weight is 472 g/mol. The number of benzene rings is 1. The van der Waals surface area contributed by atoms with Crippen LogP contribution in [0, 0.1) is 29.2 Å². The number of thioether (sulfide) groups is 1. The predicted molar refractivity (Wildman–Crippen MR) is 113 cm³/mol. The number of anilines is 1. The van der Waals surface area contributed by atoms with Gasteiger partial charge in [0, 0.05) is 43.4 Å². The number of carbonyl (C=O) groups excluding carboxylic acids is 1. The van der Waals surface area contributed by atoms with Crippen LogP contribution in [-0.4, -0.2) is 38.5 Å². The molecule has 2 atom stereocenters. The molecule has 1 fully saturated rings. The predicted octanol–water partition coefficient (Wildman–Crippen LogP) is 3.48. The van der Waals surface area contributed by atoms with E-state index in [1.165, 1.54) is 6.07 Å². The van der Waals surface area contributed by atoms with Gasteiger partial charge in [0.25, 0.3) is 5.56 Å². The molecule has 0 saturated carbocycles. The third kappa shape index (κ3) is 4.33. The third-order valence-corrected chi connectivity index (χ3v) is 6.96. The molecule has 2 aromatic rings. The van der Waals surface area contributed by atoms with E-state index in [1.807, 2.05) is 16.3 Å². The number of piperidine rings is 1. The second kappa shape index (κ2) is 8.62. The Hall–Kier alpha value is -2.40. The highest BCUT2D eigenvalue weighted by Crippen LogP contribution is 2.36. The van der Waals surface area contributed by atoms with Gasteiger partial charge in [-0.2, -0.15) is 0 Å². The molecule has 1 N–H and O–H groups in total. The lowest BCUT2D eigenvalue weighted by Gasteiger charge is -2.43. The number of hydrogen-bond acceptors (Lipinski definition) is 4. The van der Waals surface area contributed by atoms with Gasteiger partial charge in [-0.25, -0.2) is 17.6 Å². The summed E-state index contributed by atoms with van der Waals surface area (Å²) < 4.78 is 56.2. The summed E-state index contributed by atoms with van der Waals surface area (Å²) in [6.45, 7) is 1.81. The first-order valence-electron chi connectivity index (χ1n) is 9.49. The highest BCUT2D eigenvalue weighted by molar-refractivity contribution is 8.23. The maximum atomic E-state index is 13.7. The van der Waals surface area contributed by atoms with Crippen molar-refractivity contribution in [3.05, 3.63) is 63.6 Å². The Morgan fingerprint density at radius 2 is 1.84 bits per heavy atom. The van der Waals surface area contributed by atoms with E-state index in [9.17, 15) is 27.2 Å². The van der Waals surface area contributed by atoms with Crippen LogP contribution in [0.15, 0.2) is 29.1 Å². The number of fused-ring (bicyclic) bond motifs is 4. The number of amides is 1. The van der Waals surface area contributed by atoms with Crippen molar-refractivity contribution in [2.45, 2.75) is 18.9 Å². The van der Waals surface area contributed by atoms with Crippen LogP contribution in [-0.2, 0) is 11.3 Å². The Kier molecular flexibility index (Phi) is 6.07. The van der Waals surface area contributed by atoms with E-state index in [4.69, 9.17) is 12.2 Å². The molecule has 164 valence electrons. The molecule has 0 unspecified atom stereocenters. The number of thiocarbonyl (C=S) groups is 1. The minimum atomic E-state index is -1.67. The molecule has 2 aliphatic heterocycles. The molecule has 5 nitrogen and oxygen atoms in total. The minimum Gasteiger partial charge on any atom is -0.356 e. The fraction of sp³-hybridized carbons (Fsp3) is 0.350. The van der Waals surface area contributed by atoms with Crippen molar-refractivity contribution in [3.63, 3.8) is 0 Å². The van der Waals surface area contributed by atoms with Crippen LogP contribution in [0.3, 0.4) is 0 Å². The zero-order valence-corrected chi connectivity index (χ0v) is 17.7. The van der Waals surface area contributed by atoms with Crippen LogP contribution >= 0.6 is 24.0 Å². The number of nitrogens with one attached hydrogen (secondary N) is 1. The molecule has 3 heterocycles. The molecule has 1 saturated heterocycles. The van der Waals surface area contributed by atoms with Gasteiger partial charge in [-0.15, -0.1) is 0 Å². The molecule has 0 aliphatic carbocycles. The Balaban J connectivity index is 1.38. The third-order valence-electron chi connectivity index (χ3n) is 5.44. The van der Waals surface area contributed by atoms with E-state index in [2.05, 4.69) is 0 Å². The van der Waals surface area contributed by atoms with Gasteiger partial charge in [0.05, 0.1) is 5.75 Å². The highest BCUT2D eigenvalue weighted by Gasteiger charge is 2.35. The number of pyridine rings is 1. The molecular formula is C20H17F4N3O2S2. The summed E-state index contributed by atoms with van der Waals surface area (Å²) in [6.07, 6.45) is 0.942. The number of likely N-dealkylation sites (tertiary alicyclic amines) is 1. The summed E-state index contributed by atoms with van der Waals surface area (Å²) in [5, 5.41) is 1.87. The zero-order chi connectivity index (χ0) is 22.3. The monoisotopic (exact) mass is 471 g/mol. The van der Waals surface area contributed by atoms with Crippen molar-refractivity contribution in [1.82, 2.24) is 9.47 Å². The van der Waals surface area contributed by atoms with Crippen LogP contribution in [0.2, 0.25) is 0 Å². The Bertz CT molecular complexity index is 1100. The van der Waals surface area contributed by atoms with Crippen LogP contribution in [0.1, 0.15) is 18.0 Å². The first-order chi connectivity index (χ1) is 14.7. The van der Waals surface area contributed by atoms with Gasteiger partial charge in [-0.3, -0.25) is 9.59 Å². The largest absolute Gasteiger partial charge is 0.356 e. The quantitative estimate of drug-likeness (QED) is 0.422. The lowest BCUT2D eigenvalue weighted by molar-refractivity contribution is -0.113. The number of rotatable bonds is 3. The second-order valence-corrected chi connectivity index (χ2v) is 9.16. The van der Waals surface area contributed by atoms with Gasteiger partial charge in [-0.05, 0) is 18.4 Å². The topological polar surface area (TPSA) is 54.3 Å². The number of aromatic nitrogens is 1. The number of halogens is 4. The van der Waals surface area contributed by atoms with Crippen molar-refractivity contribution in [2.75, 3.05) is 24.2 Å². The summed E-state index contributed by atoms with van der Waals surface area (Å²) in [5.74, 6) is -7.30. The van der Waals surface area contributed by atoms with Crippen molar-refractivity contribution in [1.29, 1.82) is 0 Å². The molecule has 1 aromatic heterocycles. The SMILES string of the molecule is O=C(CSC(=S)N1C[C@H]2C[C@H](C1)c1cccc(=O)n1C2)Nc1c(F)c(F)cc(F)c1F. The molecule has 1 aromatic carbocycles. The number of nitrogens with zero attached hydrogens (tertiary/aromatic N) is 2. The Morgan fingerprint density at radius 1 is 1.13 bits per heavy atom. The van der Waals surface area contributed by atoms with Crippen LogP contribution in [0.4, 0.5) is 23.2 Å². The Labute approximate surface area is 184 Å². The van der Waals surface area contributed by atoms with Gasteiger partial charge < -0.3 is 14.8 Å². The van der Waals surface area contributed by atoms with E-state index in [-0.39, 0.29) is 29.2 Å². The van der Waals surface area contributed by atoms with Crippen LogP contribution in [0.5, 0.6) is 0 Å². The highest BCUT2D eigenvalue weighted by atomic mass is 32.2. The van der Waals surface area contributed by atoms with Gasteiger partial charge in [0.2, 0.25) is 5.91 Å². The molecule has 1 amide bonds. The van der Waals surface area contributed by atoms with E-state index < -0.39 is 34.9 Å². The molecule has 0 spiro atoms. The molecule has 31 heavy (non-hydrogen) atoms. The normalized spacial score (nSPS) is 19.7. The number of hydrogen-bond donors (Lipinski definition) is 1. The molecular weight excluding hydrogens is 454 g/mol. The van der Waals surface area contributed by atoms with E-state index in [0.717, 1.165) is 23.9 Å². The van der Waals surface area contributed by atoms with Crippen LogP contribution < -0.4 is 10.9 Å². The van der Waals surface area contributed by atoms with Crippen LogP contribution in [0.25, 0.3) is 0 Å². The maximum absolute atomic E-state index is 13.7. The molecule has 2 aliphatic rings. The zero-order valence-electron chi connectivity index (χ0n) is 16.0. The smallest absolute Gasteiger partial charge is 0.250 e. The van der Waals surface area contributed by atoms with Crippen molar-refractivity contribution in [3.8, 4) is 0 Å². The average Bonchev–Trinajstić information content (AvgIpc) is 2.74. The van der Waals surface area contributed by atoms with E-state index in [0.29, 0.717) is 24.0 Å². The lowest BCUT2D eigenvalue weighted by atomic mass is 9.83.